The topological polar surface area (TPSA) is 36.8 Å². The van der Waals surface area contributed by atoms with Gasteiger partial charge in [-0.3, -0.25) is 4.79 Å². The molecular formula is C26H29ClN3O+. The number of quaternary nitrogens is 1. The van der Waals surface area contributed by atoms with E-state index in [1.54, 1.807) is 4.90 Å². The van der Waals surface area contributed by atoms with E-state index in [9.17, 15) is 4.79 Å². The number of carbonyl (C=O) groups excluding carboxylic acids is 1. The average molecular weight is 435 g/mol. The smallest absolute Gasteiger partial charge is 0.255 e. The molecule has 1 amide bonds. The van der Waals surface area contributed by atoms with Crippen molar-refractivity contribution in [1.82, 2.24) is 0 Å². The molecule has 1 fully saturated rings. The predicted octanol–water partition coefficient (Wildman–Crippen LogP) is 4.11. The van der Waals surface area contributed by atoms with Gasteiger partial charge < -0.3 is 15.1 Å². The second kappa shape index (κ2) is 9.54. The summed E-state index contributed by atoms with van der Waals surface area (Å²) in [4.78, 5) is 16.6. The highest BCUT2D eigenvalue weighted by Crippen LogP contribution is 2.20. The van der Waals surface area contributed by atoms with Gasteiger partial charge in [-0.05, 0) is 55.8 Å². The summed E-state index contributed by atoms with van der Waals surface area (Å²) in [5.74, 6) is -0.0676. The lowest BCUT2D eigenvalue weighted by molar-refractivity contribution is -0.914. The third-order valence-electron chi connectivity index (χ3n) is 5.99. The van der Waals surface area contributed by atoms with Crippen LogP contribution in [0, 0.1) is 13.8 Å². The number of halogens is 1. The Morgan fingerprint density at radius 1 is 1.00 bits per heavy atom. The van der Waals surface area contributed by atoms with Gasteiger partial charge in [0.05, 0.1) is 26.2 Å². The van der Waals surface area contributed by atoms with Crippen molar-refractivity contribution >= 4 is 28.9 Å². The van der Waals surface area contributed by atoms with Crippen LogP contribution in [0.3, 0.4) is 0 Å². The molecule has 3 aromatic rings. The van der Waals surface area contributed by atoms with E-state index in [2.05, 4.69) is 34.5 Å². The van der Waals surface area contributed by atoms with Crippen LogP contribution in [0.4, 0.5) is 11.4 Å². The van der Waals surface area contributed by atoms with Crippen LogP contribution in [0.1, 0.15) is 27.0 Å². The maximum absolute atomic E-state index is 12.6. The van der Waals surface area contributed by atoms with Gasteiger partial charge in [0.1, 0.15) is 6.54 Å². The number of aryl methyl sites for hydroxylation is 2. The fourth-order valence-electron chi connectivity index (χ4n) is 4.19. The van der Waals surface area contributed by atoms with Crippen molar-refractivity contribution in [3.05, 3.63) is 94.0 Å². The summed E-state index contributed by atoms with van der Waals surface area (Å²) >= 11 is 6.32. The summed E-state index contributed by atoms with van der Waals surface area (Å²) in [5.41, 5.74) is 6.10. The zero-order valence-electron chi connectivity index (χ0n) is 18.1. The Morgan fingerprint density at radius 2 is 1.71 bits per heavy atom. The van der Waals surface area contributed by atoms with Gasteiger partial charge in [0, 0.05) is 27.5 Å². The number of nitrogens with one attached hydrogen (secondary N) is 2. The third kappa shape index (κ3) is 5.27. The largest absolute Gasteiger partial charge is 0.360 e. The molecule has 0 atom stereocenters. The third-order valence-corrected chi connectivity index (χ3v) is 6.35. The van der Waals surface area contributed by atoms with E-state index in [4.69, 9.17) is 11.6 Å². The first-order valence-corrected chi connectivity index (χ1v) is 11.2. The molecule has 4 rings (SSSR count). The van der Waals surface area contributed by atoms with Crippen molar-refractivity contribution in [2.45, 2.75) is 20.4 Å². The Morgan fingerprint density at radius 3 is 2.39 bits per heavy atom. The van der Waals surface area contributed by atoms with Crippen LogP contribution in [0.25, 0.3) is 0 Å². The van der Waals surface area contributed by atoms with Crippen molar-refractivity contribution in [1.29, 1.82) is 0 Å². The lowest BCUT2D eigenvalue weighted by Gasteiger charge is -2.34. The SMILES string of the molecule is Cc1ccc(C(=O)Nc2ccc(N3CC[NH+](Cc4ccccc4Cl)CC3)cc2)c(C)c1. The molecule has 0 spiro atoms. The maximum atomic E-state index is 12.6. The van der Waals surface area contributed by atoms with Gasteiger partial charge in [0.25, 0.3) is 5.91 Å². The molecule has 3 aromatic carbocycles. The van der Waals surface area contributed by atoms with Crippen LogP contribution in [-0.2, 0) is 6.54 Å². The Labute approximate surface area is 189 Å². The summed E-state index contributed by atoms with van der Waals surface area (Å²) in [6.45, 7) is 9.15. The summed E-state index contributed by atoms with van der Waals surface area (Å²) in [7, 11) is 0. The maximum Gasteiger partial charge on any atom is 0.255 e. The minimum absolute atomic E-state index is 0.0676. The molecule has 0 bridgehead atoms. The van der Waals surface area contributed by atoms with Gasteiger partial charge in [-0.25, -0.2) is 0 Å². The molecule has 0 saturated carbocycles. The molecule has 5 heteroatoms. The summed E-state index contributed by atoms with van der Waals surface area (Å²) in [6.07, 6.45) is 0. The highest BCUT2D eigenvalue weighted by atomic mass is 35.5. The second-order valence-corrected chi connectivity index (χ2v) is 8.73. The Balaban J connectivity index is 1.32. The van der Waals surface area contributed by atoms with Crippen molar-refractivity contribution in [2.24, 2.45) is 0 Å². The summed E-state index contributed by atoms with van der Waals surface area (Å²) < 4.78 is 0. The molecule has 1 heterocycles. The molecule has 160 valence electrons. The highest BCUT2D eigenvalue weighted by Gasteiger charge is 2.21. The van der Waals surface area contributed by atoms with E-state index < -0.39 is 0 Å². The Bertz CT molecular complexity index is 1060. The lowest BCUT2D eigenvalue weighted by atomic mass is 10.1. The van der Waals surface area contributed by atoms with Crippen LogP contribution in [0.5, 0.6) is 0 Å². The highest BCUT2D eigenvalue weighted by molar-refractivity contribution is 6.31. The van der Waals surface area contributed by atoms with E-state index >= 15 is 0 Å². The number of nitrogens with zero attached hydrogens (tertiary/aromatic N) is 1. The van der Waals surface area contributed by atoms with Crippen LogP contribution in [-0.4, -0.2) is 32.1 Å². The van der Waals surface area contributed by atoms with Crippen LogP contribution in [0.2, 0.25) is 5.02 Å². The first kappa shape index (κ1) is 21.4. The van der Waals surface area contributed by atoms with E-state index in [1.807, 2.05) is 56.3 Å². The molecule has 0 radical (unpaired) electrons. The molecule has 0 aromatic heterocycles. The molecule has 2 N–H and O–H groups in total. The fraction of sp³-hybridized carbons (Fsp3) is 0.269. The normalized spacial score (nSPS) is 14.5. The van der Waals surface area contributed by atoms with E-state index in [-0.39, 0.29) is 5.91 Å². The summed E-state index contributed by atoms with van der Waals surface area (Å²) in [6, 6.07) is 22.2. The monoisotopic (exact) mass is 434 g/mol. The number of rotatable bonds is 5. The Hall–Kier alpha value is -2.82. The lowest BCUT2D eigenvalue weighted by Crippen LogP contribution is -3.13. The van der Waals surface area contributed by atoms with Gasteiger partial charge in [-0.15, -0.1) is 0 Å². The van der Waals surface area contributed by atoms with E-state index in [0.29, 0.717) is 5.56 Å². The molecule has 1 aliphatic heterocycles. The van der Waals surface area contributed by atoms with E-state index in [1.165, 1.54) is 11.3 Å². The van der Waals surface area contributed by atoms with E-state index in [0.717, 1.165) is 54.6 Å². The average Bonchev–Trinajstić information content (AvgIpc) is 2.76. The molecule has 31 heavy (non-hydrogen) atoms. The van der Waals surface area contributed by atoms with Crippen molar-refractivity contribution < 1.29 is 9.69 Å². The number of benzene rings is 3. The van der Waals surface area contributed by atoms with Crippen LogP contribution < -0.4 is 15.1 Å². The van der Waals surface area contributed by atoms with Gasteiger partial charge in [0.2, 0.25) is 0 Å². The van der Waals surface area contributed by atoms with Gasteiger partial charge in [-0.1, -0.05) is 47.5 Å². The molecule has 4 nitrogen and oxygen atoms in total. The van der Waals surface area contributed by atoms with Gasteiger partial charge >= 0.3 is 0 Å². The number of hydrogen-bond donors (Lipinski definition) is 2. The minimum Gasteiger partial charge on any atom is -0.360 e. The minimum atomic E-state index is -0.0676. The van der Waals surface area contributed by atoms with Crippen molar-refractivity contribution in [3.63, 3.8) is 0 Å². The quantitative estimate of drug-likeness (QED) is 0.634. The van der Waals surface area contributed by atoms with Crippen LogP contribution in [0.15, 0.2) is 66.7 Å². The zero-order valence-corrected chi connectivity index (χ0v) is 18.9. The number of hydrogen-bond acceptors (Lipinski definition) is 2. The molecule has 0 aliphatic carbocycles. The number of anilines is 2. The first-order valence-electron chi connectivity index (χ1n) is 10.8. The number of carbonyl (C=O) groups is 1. The molecule has 0 unspecified atom stereocenters. The number of amides is 1. The van der Waals surface area contributed by atoms with Gasteiger partial charge in [0.15, 0.2) is 0 Å². The first-order chi connectivity index (χ1) is 15.0. The van der Waals surface area contributed by atoms with Crippen molar-refractivity contribution in [3.8, 4) is 0 Å². The zero-order chi connectivity index (χ0) is 21.8. The number of piperazine rings is 1. The molecule has 1 aliphatic rings. The molecule has 1 saturated heterocycles. The fourth-order valence-corrected chi connectivity index (χ4v) is 4.39. The van der Waals surface area contributed by atoms with Crippen LogP contribution >= 0.6 is 11.6 Å². The van der Waals surface area contributed by atoms with Gasteiger partial charge in [-0.2, -0.15) is 0 Å². The molecular weight excluding hydrogens is 406 g/mol. The predicted molar refractivity (Wildman–Crippen MR) is 128 cm³/mol. The van der Waals surface area contributed by atoms with Crippen molar-refractivity contribution in [2.75, 3.05) is 36.4 Å². The Kier molecular flexibility index (Phi) is 6.59. The summed E-state index contributed by atoms with van der Waals surface area (Å²) in [5, 5.41) is 3.87. The second-order valence-electron chi connectivity index (χ2n) is 8.32. The standard InChI is InChI=1S/C26H28ClN3O/c1-19-7-12-24(20(2)17-19)26(31)28-22-8-10-23(11-9-22)30-15-13-29(14-16-30)18-21-5-3-4-6-25(21)27/h3-12,17H,13-16,18H2,1-2H3,(H,28,31)/p+1.